The van der Waals surface area contributed by atoms with Gasteiger partial charge in [-0.3, -0.25) is 4.79 Å². The molecule has 3 rings (SSSR count). The van der Waals surface area contributed by atoms with Crippen molar-refractivity contribution in [1.82, 2.24) is 19.9 Å². The molecule has 0 aliphatic heterocycles. The van der Waals surface area contributed by atoms with Crippen molar-refractivity contribution < 1.29 is 4.79 Å². The zero-order chi connectivity index (χ0) is 18.7. The number of aromatic nitrogens is 3. The second-order valence-corrected chi connectivity index (χ2v) is 7.11. The number of aryl methyl sites for hydroxylation is 1. The summed E-state index contributed by atoms with van der Waals surface area (Å²) in [6.07, 6.45) is 3.22. The fraction of sp³-hybridized carbons (Fsp3) is 0.450. The van der Waals surface area contributed by atoms with E-state index in [4.69, 9.17) is 15.7 Å². The first-order valence-corrected chi connectivity index (χ1v) is 9.35. The van der Waals surface area contributed by atoms with E-state index < -0.39 is 0 Å². The fourth-order valence-electron chi connectivity index (χ4n) is 3.07. The highest BCUT2D eigenvalue weighted by Crippen LogP contribution is 2.28. The van der Waals surface area contributed by atoms with Crippen LogP contribution in [-0.4, -0.2) is 27.0 Å². The smallest absolute Gasteiger partial charge is 0.257 e. The molecule has 0 fully saturated rings. The average molecular weight is 353 g/mol. The van der Waals surface area contributed by atoms with E-state index in [0.717, 1.165) is 36.8 Å². The van der Waals surface area contributed by atoms with E-state index in [2.05, 4.69) is 26.1 Å². The van der Waals surface area contributed by atoms with Crippen LogP contribution in [0.3, 0.4) is 0 Å². The molecule has 0 aliphatic rings. The number of rotatable bonds is 7. The zero-order valence-corrected chi connectivity index (χ0v) is 15.7. The minimum atomic E-state index is -0.181. The highest BCUT2D eigenvalue weighted by Gasteiger charge is 2.23. The van der Waals surface area contributed by atoms with Crippen LogP contribution in [0.4, 0.5) is 5.82 Å². The minimum Gasteiger partial charge on any atom is -0.384 e. The number of carbonyl (C=O) groups is 1. The van der Waals surface area contributed by atoms with Crippen molar-refractivity contribution in [2.24, 2.45) is 5.92 Å². The Labute approximate surface area is 153 Å². The molecule has 3 N–H and O–H groups in total. The van der Waals surface area contributed by atoms with Crippen LogP contribution in [0.5, 0.6) is 0 Å². The molecule has 1 aromatic carbocycles. The average Bonchev–Trinajstić information content (AvgIpc) is 2.89. The molecule has 0 unspecified atom stereocenters. The number of anilines is 1. The van der Waals surface area contributed by atoms with E-state index in [1.807, 2.05) is 28.8 Å². The zero-order valence-electron chi connectivity index (χ0n) is 15.7. The van der Waals surface area contributed by atoms with Crippen LogP contribution in [0.15, 0.2) is 24.3 Å². The van der Waals surface area contributed by atoms with Crippen molar-refractivity contribution in [3.8, 4) is 0 Å². The van der Waals surface area contributed by atoms with E-state index in [9.17, 15) is 4.79 Å². The van der Waals surface area contributed by atoms with Crippen LogP contribution in [0, 0.1) is 5.92 Å². The van der Waals surface area contributed by atoms with Crippen LogP contribution in [0.1, 0.15) is 50.4 Å². The van der Waals surface area contributed by atoms with Gasteiger partial charge in [-0.25, -0.2) is 9.97 Å². The first kappa shape index (κ1) is 18.2. The molecular weight excluding hydrogens is 326 g/mol. The normalized spacial score (nSPS) is 11.5. The number of hydrogen-bond donors (Lipinski definition) is 2. The molecule has 0 atom stereocenters. The lowest BCUT2D eigenvalue weighted by Crippen LogP contribution is -2.28. The van der Waals surface area contributed by atoms with Crippen LogP contribution in [0.2, 0.25) is 0 Å². The molecule has 6 nitrogen and oxygen atoms in total. The molecular formula is C20H27N5O. The lowest BCUT2D eigenvalue weighted by Gasteiger charge is -2.09. The van der Waals surface area contributed by atoms with Crippen molar-refractivity contribution in [3.05, 3.63) is 29.8 Å². The fourth-order valence-corrected chi connectivity index (χ4v) is 3.07. The van der Waals surface area contributed by atoms with Crippen LogP contribution in [-0.2, 0) is 6.54 Å². The summed E-state index contributed by atoms with van der Waals surface area (Å²) in [6, 6.07) is 7.69. The van der Waals surface area contributed by atoms with Gasteiger partial charge in [-0.1, -0.05) is 45.7 Å². The van der Waals surface area contributed by atoms with E-state index in [1.54, 1.807) is 0 Å². The van der Waals surface area contributed by atoms with Gasteiger partial charge in [0.2, 0.25) is 0 Å². The third-order valence-electron chi connectivity index (χ3n) is 4.47. The molecule has 0 saturated heterocycles. The molecule has 138 valence electrons. The first-order chi connectivity index (χ1) is 12.5. The quantitative estimate of drug-likeness (QED) is 0.634. The Morgan fingerprint density at radius 3 is 2.54 bits per heavy atom. The van der Waals surface area contributed by atoms with Gasteiger partial charge in [-0.05, 0) is 24.5 Å². The van der Waals surface area contributed by atoms with Gasteiger partial charge in [0.15, 0.2) is 5.65 Å². The van der Waals surface area contributed by atoms with E-state index in [-0.39, 0.29) is 5.91 Å². The summed E-state index contributed by atoms with van der Waals surface area (Å²) in [5.41, 5.74) is 9.68. The summed E-state index contributed by atoms with van der Waals surface area (Å²) in [4.78, 5) is 22.3. The topological polar surface area (TPSA) is 85.8 Å². The highest BCUT2D eigenvalue weighted by molar-refractivity contribution is 6.10. The van der Waals surface area contributed by atoms with Gasteiger partial charge < -0.3 is 15.6 Å². The molecule has 26 heavy (non-hydrogen) atoms. The lowest BCUT2D eigenvalue weighted by molar-refractivity contribution is 0.0951. The standard InChI is InChI=1S/C20H27N5O/c1-4-5-8-11-25-18(21)16(20(26)22-12-13(2)3)17-19(25)24-15-10-7-6-9-14(15)23-17/h6-7,9-10,13H,4-5,8,11-12,21H2,1-3H3,(H,22,26). The summed E-state index contributed by atoms with van der Waals surface area (Å²) in [5.74, 6) is 0.637. The predicted octanol–water partition coefficient (Wildman–Crippen LogP) is 3.74. The number of nitrogen functional groups attached to an aromatic ring is 1. The van der Waals surface area contributed by atoms with Crippen molar-refractivity contribution in [2.75, 3.05) is 12.3 Å². The molecule has 0 spiro atoms. The summed E-state index contributed by atoms with van der Waals surface area (Å²) in [7, 11) is 0. The maximum Gasteiger partial charge on any atom is 0.257 e. The third kappa shape index (κ3) is 3.49. The van der Waals surface area contributed by atoms with Gasteiger partial charge in [0.1, 0.15) is 16.9 Å². The molecule has 1 amide bonds. The number of nitrogens with one attached hydrogen (secondary N) is 1. The second-order valence-electron chi connectivity index (χ2n) is 7.11. The number of amides is 1. The molecule has 6 heteroatoms. The number of unbranched alkanes of at least 4 members (excludes halogenated alkanes) is 2. The number of nitrogens with two attached hydrogens (primary N) is 1. The molecule has 2 aromatic heterocycles. The number of hydrogen-bond acceptors (Lipinski definition) is 4. The highest BCUT2D eigenvalue weighted by atomic mass is 16.1. The number of para-hydroxylation sites is 2. The Balaban J connectivity index is 2.13. The number of benzene rings is 1. The molecule has 2 heterocycles. The molecule has 0 bridgehead atoms. The van der Waals surface area contributed by atoms with Crippen molar-refractivity contribution in [1.29, 1.82) is 0 Å². The Bertz CT molecular complexity index is 929. The summed E-state index contributed by atoms with van der Waals surface area (Å²) in [5, 5.41) is 2.96. The molecule has 0 saturated carbocycles. The monoisotopic (exact) mass is 353 g/mol. The maximum absolute atomic E-state index is 12.8. The minimum absolute atomic E-state index is 0.181. The van der Waals surface area contributed by atoms with E-state index in [1.165, 1.54) is 0 Å². The van der Waals surface area contributed by atoms with Gasteiger partial charge in [-0.15, -0.1) is 0 Å². The molecule has 3 aromatic rings. The van der Waals surface area contributed by atoms with Crippen molar-refractivity contribution in [2.45, 2.75) is 46.6 Å². The number of fused-ring (bicyclic) bond motifs is 2. The molecule has 0 radical (unpaired) electrons. The Hall–Kier alpha value is -2.63. The third-order valence-corrected chi connectivity index (χ3v) is 4.47. The SMILES string of the molecule is CCCCCn1c(N)c(C(=O)NCC(C)C)c2nc3ccccc3nc21. The van der Waals surface area contributed by atoms with Gasteiger partial charge >= 0.3 is 0 Å². The van der Waals surface area contributed by atoms with Crippen LogP contribution >= 0.6 is 0 Å². The van der Waals surface area contributed by atoms with Gasteiger partial charge in [0.05, 0.1) is 11.0 Å². The van der Waals surface area contributed by atoms with E-state index >= 15 is 0 Å². The van der Waals surface area contributed by atoms with Gasteiger partial charge in [-0.2, -0.15) is 0 Å². The Kier molecular flexibility index (Phi) is 5.40. The van der Waals surface area contributed by atoms with Crippen molar-refractivity contribution >= 4 is 33.9 Å². The lowest BCUT2D eigenvalue weighted by atomic mass is 10.2. The van der Waals surface area contributed by atoms with Crippen molar-refractivity contribution in [3.63, 3.8) is 0 Å². The summed E-state index contributed by atoms with van der Waals surface area (Å²) < 4.78 is 1.94. The Morgan fingerprint density at radius 2 is 1.88 bits per heavy atom. The van der Waals surface area contributed by atoms with Crippen LogP contribution < -0.4 is 11.1 Å². The largest absolute Gasteiger partial charge is 0.384 e. The van der Waals surface area contributed by atoms with E-state index in [0.29, 0.717) is 35.0 Å². The van der Waals surface area contributed by atoms with Gasteiger partial charge in [0, 0.05) is 13.1 Å². The maximum atomic E-state index is 12.8. The summed E-state index contributed by atoms with van der Waals surface area (Å²) in [6.45, 7) is 7.62. The molecule has 0 aliphatic carbocycles. The Morgan fingerprint density at radius 1 is 1.19 bits per heavy atom. The predicted molar refractivity (Wildman–Crippen MR) is 106 cm³/mol. The number of nitrogens with zero attached hydrogens (tertiary/aromatic N) is 3. The summed E-state index contributed by atoms with van der Waals surface area (Å²) >= 11 is 0. The number of carbonyl (C=O) groups excluding carboxylic acids is 1. The second kappa shape index (κ2) is 7.72. The van der Waals surface area contributed by atoms with Gasteiger partial charge in [0.25, 0.3) is 5.91 Å². The first-order valence-electron chi connectivity index (χ1n) is 9.35. The van der Waals surface area contributed by atoms with Crippen LogP contribution in [0.25, 0.3) is 22.2 Å².